The number of ether oxygens (including phenoxy) is 2. The van der Waals surface area contributed by atoms with Gasteiger partial charge in [0.25, 0.3) is 0 Å². The predicted molar refractivity (Wildman–Crippen MR) is 78.3 cm³/mol. The molecule has 3 nitrogen and oxygen atoms in total. The minimum Gasteiger partial charge on any atom is -0.487 e. The average molecular weight is 326 g/mol. The Morgan fingerprint density at radius 1 is 1.42 bits per heavy atom. The molecule has 4 heteroatoms. The molecule has 3 rings (SSSR count). The van der Waals surface area contributed by atoms with Crippen molar-refractivity contribution in [3.63, 3.8) is 0 Å². The number of hydrogen-bond acceptors (Lipinski definition) is 3. The third-order valence-electron chi connectivity index (χ3n) is 4.26. The van der Waals surface area contributed by atoms with Crippen LogP contribution in [0.25, 0.3) is 0 Å². The molecule has 0 saturated carbocycles. The van der Waals surface area contributed by atoms with E-state index in [0.717, 1.165) is 48.1 Å². The van der Waals surface area contributed by atoms with E-state index in [1.807, 2.05) is 12.1 Å². The number of nitrogens with two attached hydrogens (primary N) is 1. The number of halogens is 1. The molecule has 1 spiro atoms. The molecule has 2 N–H and O–H groups in total. The summed E-state index contributed by atoms with van der Waals surface area (Å²) in [5.74, 6) is 0.943. The molecule has 19 heavy (non-hydrogen) atoms. The highest BCUT2D eigenvalue weighted by atomic mass is 79.9. The summed E-state index contributed by atoms with van der Waals surface area (Å²) in [6.45, 7) is 2.94. The van der Waals surface area contributed by atoms with Crippen molar-refractivity contribution in [3.8, 4) is 5.75 Å². The summed E-state index contributed by atoms with van der Waals surface area (Å²) in [5, 5.41) is 0. The van der Waals surface area contributed by atoms with Crippen LogP contribution in [0, 0.1) is 0 Å². The molecule has 0 amide bonds. The lowest BCUT2D eigenvalue weighted by Gasteiger charge is -2.45. The zero-order chi connectivity index (χ0) is 13.5. The van der Waals surface area contributed by atoms with Crippen LogP contribution in [0.15, 0.2) is 22.7 Å². The lowest BCUT2D eigenvalue weighted by Crippen LogP contribution is -2.49. The fraction of sp³-hybridized carbons (Fsp3) is 0.600. The summed E-state index contributed by atoms with van der Waals surface area (Å²) < 4.78 is 13.2. The van der Waals surface area contributed by atoms with E-state index in [0.29, 0.717) is 6.10 Å². The fourth-order valence-corrected chi connectivity index (χ4v) is 3.59. The lowest BCUT2D eigenvalue weighted by atomic mass is 9.80. The first kappa shape index (κ1) is 13.4. The Hall–Kier alpha value is -0.580. The number of rotatable bonds is 1. The Bertz CT molecular complexity index is 479. The Kier molecular flexibility index (Phi) is 3.58. The van der Waals surface area contributed by atoms with Crippen LogP contribution >= 0.6 is 15.9 Å². The van der Waals surface area contributed by atoms with Crippen LogP contribution < -0.4 is 10.5 Å². The van der Waals surface area contributed by atoms with Crippen LogP contribution in [-0.4, -0.2) is 18.3 Å². The summed E-state index contributed by atoms with van der Waals surface area (Å²) in [7, 11) is 0. The van der Waals surface area contributed by atoms with Crippen LogP contribution in [0.5, 0.6) is 5.75 Å². The molecule has 2 aliphatic rings. The molecule has 1 fully saturated rings. The molecule has 2 aliphatic heterocycles. The van der Waals surface area contributed by atoms with E-state index in [-0.39, 0.29) is 11.6 Å². The Balaban J connectivity index is 1.89. The molecular weight excluding hydrogens is 306 g/mol. The first-order chi connectivity index (χ1) is 9.12. The van der Waals surface area contributed by atoms with Gasteiger partial charge in [0.05, 0.1) is 12.7 Å². The zero-order valence-electron chi connectivity index (χ0n) is 11.2. The third kappa shape index (κ3) is 2.54. The van der Waals surface area contributed by atoms with Crippen molar-refractivity contribution in [2.75, 3.05) is 6.61 Å². The van der Waals surface area contributed by atoms with Gasteiger partial charge in [-0.15, -0.1) is 0 Å². The first-order valence-corrected chi connectivity index (χ1v) is 7.77. The van der Waals surface area contributed by atoms with Crippen molar-refractivity contribution >= 4 is 15.9 Å². The summed E-state index contributed by atoms with van der Waals surface area (Å²) in [6.07, 6.45) is 4.11. The quantitative estimate of drug-likeness (QED) is 0.858. The maximum Gasteiger partial charge on any atom is 0.124 e. The largest absolute Gasteiger partial charge is 0.487 e. The van der Waals surface area contributed by atoms with Crippen LogP contribution in [0.4, 0.5) is 0 Å². The van der Waals surface area contributed by atoms with Gasteiger partial charge in [0.1, 0.15) is 11.4 Å². The van der Waals surface area contributed by atoms with Crippen LogP contribution in [0.3, 0.4) is 0 Å². The number of hydrogen-bond donors (Lipinski definition) is 1. The molecule has 0 bridgehead atoms. The van der Waals surface area contributed by atoms with Gasteiger partial charge in [0.2, 0.25) is 0 Å². The SMILES string of the molecule is CCC1CC2(CCO1)C[C@H](N)c1cc(Br)ccc1O2. The van der Waals surface area contributed by atoms with Gasteiger partial charge in [-0.3, -0.25) is 0 Å². The minimum atomic E-state index is -0.126. The summed E-state index contributed by atoms with van der Waals surface area (Å²) >= 11 is 3.50. The van der Waals surface area contributed by atoms with E-state index in [9.17, 15) is 0 Å². The Labute approximate surface area is 122 Å². The summed E-state index contributed by atoms with van der Waals surface area (Å²) in [6, 6.07) is 6.17. The second-order valence-corrected chi connectivity index (χ2v) is 6.55. The van der Waals surface area contributed by atoms with Gasteiger partial charge in [-0.2, -0.15) is 0 Å². The summed E-state index contributed by atoms with van der Waals surface area (Å²) in [4.78, 5) is 0. The molecule has 2 unspecified atom stereocenters. The molecule has 3 atom stereocenters. The molecule has 1 saturated heterocycles. The van der Waals surface area contributed by atoms with Crippen molar-refractivity contribution < 1.29 is 9.47 Å². The van der Waals surface area contributed by atoms with Crippen molar-refractivity contribution in [3.05, 3.63) is 28.2 Å². The van der Waals surface area contributed by atoms with E-state index in [2.05, 4.69) is 28.9 Å². The van der Waals surface area contributed by atoms with Gasteiger partial charge < -0.3 is 15.2 Å². The van der Waals surface area contributed by atoms with Crippen molar-refractivity contribution in [1.82, 2.24) is 0 Å². The molecule has 0 radical (unpaired) electrons. The van der Waals surface area contributed by atoms with E-state index >= 15 is 0 Å². The first-order valence-electron chi connectivity index (χ1n) is 6.97. The van der Waals surface area contributed by atoms with Gasteiger partial charge in [-0.05, 0) is 24.6 Å². The van der Waals surface area contributed by atoms with Crippen LogP contribution in [0.2, 0.25) is 0 Å². The maximum atomic E-state index is 6.37. The van der Waals surface area contributed by atoms with Crippen molar-refractivity contribution in [2.24, 2.45) is 5.73 Å². The molecule has 1 aromatic carbocycles. The standard InChI is InChI=1S/C15H20BrNO2/c1-2-11-8-15(5-6-18-11)9-13(17)12-7-10(16)3-4-14(12)19-15/h3-4,7,11,13H,2,5-6,8-9,17H2,1H3/t11?,13-,15?/m0/s1. The fourth-order valence-electron chi connectivity index (χ4n) is 3.22. The van der Waals surface area contributed by atoms with Gasteiger partial charge in [0.15, 0.2) is 0 Å². The van der Waals surface area contributed by atoms with E-state index in [1.165, 1.54) is 0 Å². The molecule has 104 valence electrons. The molecule has 0 aromatic heterocycles. The zero-order valence-corrected chi connectivity index (χ0v) is 12.8. The van der Waals surface area contributed by atoms with Crippen molar-refractivity contribution in [1.29, 1.82) is 0 Å². The normalized spacial score (nSPS) is 33.8. The highest BCUT2D eigenvalue weighted by Gasteiger charge is 2.43. The smallest absolute Gasteiger partial charge is 0.124 e. The van der Waals surface area contributed by atoms with E-state index in [1.54, 1.807) is 0 Å². The minimum absolute atomic E-state index is 0.0526. The Morgan fingerprint density at radius 2 is 2.26 bits per heavy atom. The Morgan fingerprint density at radius 3 is 3.05 bits per heavy atom. The molecule has 1 aromatic rings. The van der Waals surface area contributed by atoms with Gasteiger partial charge in [-0.25, -0.2) is 0 Å². The van der Waals surface area contributed by atoms with Crippen LogP contribution in [-0.2, 0) is 4.74 Å². The van der Waals surface area contributed by atoms with Gasteiger partial charge in [0, 0.05) is 35.3 Å². The topological polar surface area (TPSA) is 44.5 Å². The second-order valence-electron chi connectivity index (χ2n) is 5.63. The van der Waals surface area contributed by atoms with Crippen molar-refractivity contribution in [2.45, 2.75) is 50.4 Å². The highest BCUT2D eigenvalue weighted by molar-refractivity contribution is 9.10. The van der Waals surface area contributed by atoms with E-state index < -0.39 is 0 Å². The lowest BCUT2D eigenvalue weighted by molar-refractivity contribution is -0.102. The highest BCUT2D eigenvalue weighted by Crippen LogP contribution is 2.45. The maximum absolute atomic E-state index is 6.37. The van der Waals surface area contributed by atoms with Crippen LogP contribution in [0.1, 0.15) is 44.2 Å². The number of fused-ring (bicyclic) bond motifs is 1. The molecule has 2 heterocycles. The van der Waals surface area contributed by atoms with E-state index in [4.69, 9.17) is 15.2 Å². The predicted octanol–water partition coefficient (Wildman–Crippen LogP) is 3.56. The molecule has 0 aliphatic carbocycles. The van der Waals surface area contributed by atoms with Gasteiger partial charge >= 0.3 is 0 Å². The summed E-state index contributed by atoms with van der Waals surface area (Å²) in [5.41, 5.74) is 7.35. The van der Waals surface area contributed by atoms with Gasteiger partial charge in [-0.1, -0.05) is 22.9 Å². The number of benzene rings is 1. The molecular formula is C15H20BrNO2. The average Bonchev–Trinajstić information content (AvgIpc) is 2.40. The third-order valence-corrected chi connectivity index (χ3v) is 4.75. The second kappa shape index (κ2) is 5.08. The monoisotopic (exact) mass is 325 g/mol.